The van der Waals surface area contributed by atoms with Gasteiger partial charge in [0.05, 0.1) is 19.2 Å². The Morgan fingerprint density at radius 1 is 1.22 bits per heavy atom. The Balaban J connectivity index is 1.66. The summed E-state index contributed by atoms with van der Waals surface area (Å²) in [6, 6.07) is 11.6. The Morgan fingerprint density at radius 2 is 2.04 bits per heavy atom. The number of hydrogen-bond donors (Lipinski definition) is 0. The van der Waals surface area contributed by atoms with Crippen LogP contribution in [-0.2, 0) is 11.2 Å². The molecule has 0 bridgehead atoms. The van der Waals surface area contributed by atoms with Crippen molar-refractivity contribution in [3.05, 3.63) is 59.7 Å². The van der Waals surface area contributed by atoms with Crippen molar-refractivity contribution < 1.29 is 13.9 Å². The van der Waals surface area contributed by atoms with E-state index in [1.165, 1.54) is 25.1 Å². The van der Waals surface area contributed by atoms with Gasteiger partial charge in [0.2, 0.25) is 0 Å². The molecule has 1 aliphatic rings. The lowest BCUT2D eigenvalue weighted by Gasteiger charge is -2.34. The molecule has 0 N–H and O–H groups in total. The minimum Gasteiger partial charge on any atom is -0.494 e. The van der Waals surface area contributed by atoms with Crippen LogP contribution in [0.3, 0.4) is 0 Å². The van der Waals surface area contributed by atoms with Crippen LogP contribution in [0.4, 0.5) is 10.2 Å². The molecular formula is C21H22FN3O2. The number of methoxy groups -OCH3 is 1. The van der Waals surface area contributed by atoms with Crippen molar-refractivity contribution in [2.24, 2.45) is 0 Å². The van der Waals surface area contributed by atoms with E-state index in [2.05, 4.69) is 46.1 Å². The molecule has 3 aromatic rings. The normalized spacial score (nSPS) is 17.3. The van der Waals surface area contributed by atoms with E-state index in [-0.39, 0.29) is 11.9 Å². The average Bonchev–Trinajstić information content (AvgIpc) is 2.73. The Hall–Kier alpha value is -2.73. The molecule has 1 aromatic heterocycles. The first-order chi connectivity index (χ1) is 13.2. The van der Waals surface area contributed by atoms with E-state index in [4.69, 9.17) is 9.47 Å². The zero-order valence-electron chi connectivity index (χ0n) is 15.5. The molecular weight excluding hydrogens is 345 g/mol. The molecule has 6 heteroatoms. The van der Waals surface area contributed by atoms with Gasteiger partial charge in [-0.1, -0.05) is 31.2 Å². The summed E-state index contributed by atoms with van der Waals surface area (Å²) in [5, 5.41) is 0.776. The number of rotatable bonds is 4. The molecule has 4 rings (SSSR count). The smallest absolute Gasteiger partial charge is 0.167 e. The van der Waals surface area contributed by atoms with Crippen molar-refractivity contribution >= 4 is 16.7 Å². The third kappa shape index (κ3) is 3.45. The first kappa shape index (κ1) is 17.7. The highest BCUT2D eigenvalue weighted by Crippen LogP contribution is 2.32. The summed E-state index contributed by atoms with van der Waals surface area (Å²) < 4.78 is 25.1. The van der Waals surface area contributed by atoms with E-state index in [9.17, 15) is 4.39 Å². The molecule has 1 atom stereocenters. The first-order valence-corrected chi connectivity index (χ1v) is 9.13. The molecule has 0 spiro atoms. The second-order valence-electron chi connectivity index (χ2n) is 6.60. The Bertz CT molecular complexity index is 946. The van der Waals surface area contributed by atoms with Crippen LogP contribution in [0, 0.1) is 5.82 Å². The number of benzene rings is 2. The molecule has 2 aromatic carbocycles. The fourth-order valence-corrected chi connectivity index (χ4v) is 3.46. The summed E-state index contributed by atoms with van der Waals surface area (Å²) >= 11 is 0. The lowest BCUT2D eigenvalue weighted by molar-refractivity contribution is 0.0396. The number of halogens is 1. The van der Waals surface area contributed by atoms with Gasteiger partial charge in [-0.15, -0.1) is 0 Å². The number of morpholine rings is 1. The number of ether oxygens (including phenoxy) is 2. The van der Waals surface area contributed by atoms with Gasteiger partial charge in [-0.05, 0) is 23.6 Å². The fraction of sp³-hybridized carbons (Fsp3) is 0.333. The van der Waals surface area contributed by atoms with E-state index >= 15 is 0 Å². The van der Waals surface area contributed by atoms with Gasteiger partial charge in [0.1, 0.15) is 18.2 Å². The average molecular weight is 367 g/mol. The highest BCUT2D eigenvalue weighted by atomic mass is 19.1. The van der Waals surface area contributed by atoms with Crippen LogP contribution in [0.25, 0.3) is 10.9 Å². The highest BCUT2D eigenvalue weighted by Gasteiger charge is 2.25. The van der Waals surface area contributed by atoms with Gasteiger partial charge in [0.15, 0.2) is 11.6 Å². The highest BCUT2D eigenvalue weighted by molar-refractivity contribution is 5.90. The number of hydrogen-bond acceptors (Lipinski definition) is 5. The monoisotopic (exact) mass is 367 g/mol. The topological polar surface area (TPSA) is 47.5 Å². The van der Waals surface area contributed by atoms with Gasteiger partial charge in [-0.3, -0.25) is 0 Å². The zero-order valence-corrected chi connectivity index (χ0v) is 15.5. The summed E-state index contributed by atoms with van der Waals surface area (Å²) in [6.07, 6.45) is 2.46. The Morgan fingerprint density at radius 3 is 2.78 bits per heavy atom. The molecule has 140 valence electrons. The number of aromatic nitrogens is 2. The molecule has 27 heavy (non-hydrogen) atoms. The molecule has 0 saturated carbocycles. The fourth-order valence-electron chi connectivity index (χ4n) is 3.46. The summed E-state index contributed by atoms with van der Waals surface area (Å²) in [5.41, 5.74) is 3.02. The molecule has 2 heterocycles. The maximum absolute atomic E-state index is 14.0. The quantitative estimate of drug-likeness (QED) is 0.700. The maximum atomic E-state index is 14.0. The summed E-state index contributed by atoms with van der Waals surface area (Å²) in [7, 11) is 1.46. The van der Waals surface area contributed by atoms with E-state index in [1.54, 1.807) is 6.07 Å². The van der Waals surface area contributed by atoms with Crippen molar-refractivity contribution in [3.63, 3.8) is 0 Å². The second kappa shape index (κ2) is 7.48. The molecule has 1 unspecified atom stereocenters. The third-order valence-corrected chi connectivity index (χ3v) is 5.01. The van der Waals surface area contributed by atoms with Gasteiger partial charge in [0.25, 0.3) is 0 Å². The molecule has 5 nitrogen and oxygen atoms in total. The number of nitrogens with zero attached hydrogens (tertiary/aromatic N) is 3. The standard InChI is InChI=1S/C21H22FN3O2/c1-3-14-4-6-15(7-5-14)20-12-25(8-9-27-20)21-16-10-19(26-2)17(22)11-18(16)23-13-24-21/h4-7,10-11,13,20H,3,8-9,12H2,1-2H3. The number of anilines is 1. The van der Waals surface area contributed by atoms with E-state index in [0.29, 0.717) is 18.7 Å². The SMILES string of the molecule is CCc1ccc(C2CN(c3ncnc4cc(F)c(OC)cc34)CCO2)cc1. The molecule has 1 saturated heterocycles. The summed E-state index contributed by atoms with van der Waals surface area (Å²) in [4.78, 5) is 10.8. The van der Waals surface area contributed by atoms with Crippen molar-refractivity contribution in [1.82, 2.24) is 9.97 Å². The Kier molecular flexibility index (Phi) is 4.90. The minimum absolute atomic E-state index is 0.0305. The van der Waals surface area contributed by atoms with Crippen LogP contribution >= 0.6 is 0 Å². The van der Waals surface area contributed by atoms with Gasteiger partial charge in [-0.2, -0.15) is 0 Å². The van der Waals surface area contributed by atoms with E-state index in [0.717, 1.165) is 29.7 Å². The molecule has 0 aliphatic carbocycles. The van der Waals surface area contributed by atoms with Crippen LogP contribution in [0.5, 0.6) is 5.75 Å². The minimum atomic E-state index is -0.425. The van der Waals surface area contributed by atoms with E-state index in [1.807, 2.05) is 0 Å². The summed E-state index contributed by atoms with van der Waals surface area (Å²) in [6.45, 7) is 4.14. The third-order valence-electron chi connectivity index (χ3n) is 5.01. The van der Waals surface area contributed by atoms with Gasteiger partial charge >= 0.3 is 0 Å². The zero-order chi connectivity index (χ0) is 18.8. The molecule has 1 fully saturated rings. The largest absolute Gasteiger partial charge is 0.494 e. The molecule has 0 amide bonds. The predicted molar refractivity (Wildman–Crippen MR) is 103 cm³/mol. The van der Waals surface area contributed by atoms with Crippen LogP contribution in [0.1, 0.15) is 24.2 Å². The van der Waals surface area contributed by atoms with E-state index < -0.39 is 5.82 Å². The molecule has 1 aliphatic heterocycles. The first-order valence-electron chi connectivity index (χ1n) is 9.13. The number of aryl methyl sites for hydroxylation is 1. The van der Waals surface area contributed by atoms with Gasteiger partial charge < -0.3 is 14.4 Å². The van der Waals surface area contributed by atoms with Crippen LogP contribution in [0.15, 0.2) is 42.7 Å². The van der Waals surface area contributed by atoms with Crippen LogP contribution in [-0.4, -0.2) is 36.8 Å². The Labute approximate surface area is 157 Å². The van der Waals surface area contributed by atoms with Gasteiger partial charge in [0, 0.05) is 24.5 Å². The van der Waals surface area contributed by atoms with Crippen LogP contribution < -0.4 is 9.64 Å². The predicted octanol–water partition coefficient (Wildman–Crippen LogP) is 3.92. The van der Waals surface area contributed by atoms with Crippen molar-refractivity contribution in [2.75, 3.05) is 31.7 Å². The second-order valence-corrected chi connectivity index (χ2v) is 6.60. The molecule has 0 radical (unpaired) electrons. The lowest BCUT2D eigenvalue weighted by Crippen LogP contribution is -2.39. The van der Waals surface area contributed by atoms with Crippen LogP contribution in [0.2, 0.25) is 0 Å². The summed E-state index contributed by atoms with van der Waals surface area (Å²) in [5.74, 6) is 0.542. The maximum Gasteiger partial charge on any atom is 0.167 e. The number of fused-ring (bicyclic) bond motifs is 1. The lowest BCUT2D eigenvalue weighted by atomic mass is 10.0. The van der Waals surface area contributed by atoms with Crippen molar-refractivity contribution in [3.8, 4) is 5.75 Å². The van der Waals surface area contributed by atoms with Crippen molar-refractivity contribution in [1.29, 1.82) is 0 Å². The van der Waals surface area contributed by atoms with Crippen molar-refractivity contribution in [2.45, 2.75) is 19.4 Å². The van der Waals surface area contributed by atoms with Gasteiger partial charge in [-0.25, -0.2) is 14.4 Å².